The molecular formula is C26H19Cl2LiN2O4S. The van der Waals surface area contributed by atoms with E-state index < -0.39 is 11.9 Å². The van der Waals surface area contributed by atoms with Crippen molar-refractivity contribution in [2.45, 2.75) is 13.3 Å². The number of carbonyl (C=O) groups excluding carboxylic acids is 2. The predicted molar refractivity (Wildman–Crippen MR) is 137 cm³/mol. The van der Waals surface area contributed by atoms with E-state index in [0.29, 0.717) is 23.8 Å². The minimum absolute atomic E-state index is 0. The molecule has 1 aromatic heterocycles. The van der Waals surface area contributed by atoms with Gasteiger partial charge in [0, 0.05) is 27.4 Å². The van der Waals surface area contributed by atoms with Crippen molar-refractivity contribution in [2.75, 3.05) is 11.9 Å². The van der Waals surface area contributed by atoms with Crippen molar-refractivity contribution in [3.05, 3.63) is 98.5 Å². The molecule has 178 valence electrons. The molecule has 4 aromatic rings. The fourth-order valence-corrected chi connectivity index (χ4v) is 4.84. The van der Waals surface area contributed by atoms with Crippen LogP contribution in [-0.4, -0.2) is 23.5 Å². The Labute approximate surface area is 234 Å². The van der Waals surface area contributed by atoms with Crippen molar-refractivity contribution >= 4 is 52.1 Å². The summed E-state index contributed by atoms with van der Waals surface area (Å²) in [4.78, 5) is 30.1. The smallest absolute Gasteiger partial charge is 0.545 e. The van der Waals surface area contributed by atoms with E-state index in [-0.39, 0.29) is 40.7 Å². The second-order valence-electron chi connectivity index (χ2n) is 7.56. The van der Waals surface area contributed by atoms with Crippen molar-refractivity contribution in [3.8, 4) is 16.3 Å². The SMILES string of the molecule is Cc1sc(-c2ccccc2)nc1CCOc1ccc(NC(=O)c2ccc(Cl)cc2Cl)c(C(=O)[O-])c1.[Li+]. The van der Waals surface area contributed by atoms with Gasteiger partial charge in [-0.2, -0.15) is 0 Å². The Balaban J connectivity index is 0.00000361. The van der Waals surface area contributed by atoms with Crippen LogP contribution in [0.15, 0.2) is 66.7 Å². The Morgan fingerprint density at radius 2 is 1.78 bits per heavy atom. The Bertz CT molecular complexity index is 1400. The number of hydrogen-bond acceptors (Lipinski definition) is 6. The summed E-state index contributed by atoms with van der Waals surface area (Å²) in [5, 5.41) is 15.7. The van der Waals surface area contributed by atoms with Gasteiger partial charge in [-0.1, -0.05) is 53.5 Å². The molecule has 0 aliphatic heterocycles. The number of ether oxygens (including phenoxy) is 1. The minimum Gasteiger partial charge on any atom is -0.545 e. The number of anilines is 1. The molecule has 0 radical (unpaired) electrons. The number of carboxylic acid groups (broad SMARTS) is 1. The van der Waals surface area contributed by atoms with E-state index in [0.717, 1.165) is 21.1 Å². The quantitative estimate of drug-likeness (QED) is 0.352. The van der Waals surface area contributed by atoms with Crippen LogP contribution < -0.4 is 34.0 Å². The average molecular weight is 533 g/mol. The number of hydrogen-bond donors (Lipinski definition) is 1. The predicted octanol–water partition coefficient (Wildman–Crippen LogP) is 2.67. The van der Waals surface area contributed by atoms with Gasteiger partial charge in [0.2, 0.25) is 0 Å². The van der Waals surface area contributed by atoms with Gasteiger partial charge in [0.25, 0.3) is 5.91 Å². The first-order valence-electron chi connectivity index (χ1n) is 10.6. The molecule has 0 aliphatic carbocycles. The molecule has 3 aromatic carbocycles. The van der Waals surface area contributed by atoms with Crippen LogP contribution in [0.1, 0.15) is 31.3 Å². The van der Waals surface area contributed by atoms with Crippen LogP contribution in [0.25, 0.3) is 10.6 Å². The molecule has 0 saturated heterocycles. The van der Waals surface area contributed by atoms with Crippen LogP contribution in [0.3, 0.4) is 0 Å². The summed E-state index contributed by atoms with van der Waals surface area (Å²) in [5.41, 5.74) is 2.00. The summed E-state index contributed by atoms with van der Waals surface area (Å²) >= 11 is 13.6. The molecule has 10 heteroatoms. The molecule has 0 fully saturated rings. The molecule has 0 atom stereocenters. The number of aromatic nitrogens is 1. The van der Waals surface area contributed by atoms with Gasteiger partial charge in [-0.25, -0.2) is 4.98 Å². The van der Waals surface area contributed by atoms with Gasteiger partial charge in [-0.3, -0.25) is 4.79 Å². The molecule has 1 N–H and O–H groups in total. The van der Waals surface area contributed by atoms with Gasteiger partial charge in [0.15, 0.2) is 0 Å². The van der Waals surface area contributed by atoms with E-state index in [1.165, 1.54) is 30.3 Å². The van der Waals surface area contributed by atoms with Gasteiger partial charge in [-0.15, -0.1) is 11.3 Å². The number of amides is 1. The topological polar surface area (TPSA) is 91.3 Å². The van der Waals surface area contributed by atoms with Gasteiger partial charge >= 0.3 is 18.9 Å². The molecule has 4 rings (SSSR count). The molecule has 0 saturated carbocycles. The van der Waals surface area contributed by atoms with Crippen LogP contribution in [0.5, 0.6) is 5.75 Å². The third-order valence-electron chi connectivity index (χ3n) is 5.16. The third-order valence-corrected chi connectivity index (χ3v) is 6.77. The number of aryl methyl sites for hydroxylation is 1. The van der Waals surface area contributed by atoms with E-state index in [1.807, 2.05) is 37.3 Å². The number of carboxylic acids is 1. The Hall–Kier alpha value is -2.79. The fraction of sp³-hybridized carbons (Fsp3) is 0.115. The Kier molecular flexibility index (Phi) is 9.61. The number of benzene rings is 3. The van der Waals surface area contributed by atoms with Gasteiger partial charge < -0.3 is 20.0 Å². The maximum atomic E-state index is 12.6. The van der Waals surface area contributed by atoms with Crippen molar-refractivity contribution in [3.63, 3.8) is 0 Å². The molecule has 0 spiro atoms. The molecular weight excluding hydrogens is 514 g/mol. The summed E-state index contributed by atoms with van der Waals surface area (Å²) in [6.07, 6.45) is 0.559. The zero-order chi connectivity index (χ0) is 24.9. The summed E-state index contributed by atoms with van der Waals surface area (Å²) in [5.74, 6) is -1.69. The summed E-state index contributed by atoms with van der Waals surface area (Å²) in [6, 6.07) is 18.7. The molecule has 0 unspecified atom stereocenters. The second kappa shape index (κ2) is 12.4. The normalized spacial score (nSPS) is 10.4. The van der Waals surface area contributed by atoms with Crippen LogP contribution in [0.2, 0.25) is 10.0 Å². The number of nitrogens with zero attached hydrogens (tertiary/aromatic N) is 1. The van der Waals surface area contributed by atoms with Gasteiger partial charge in [0.05, 0.1) is 34.5 Å². The maximum Gasteiger partial charge on any atom is 1.00 e. The van der Waals surface area contributed by atoms with Crippen molar-refractivity contribution < 1.29 is 38.3 Å². The minimum atomic E-state index is -1.45. The number of thiazole rings is 1. The maximum absolute atomic E-state index is 12.6. The van der Waals surface area contributed by atoms with Crippen molar-refractivity contribution in [1.29, 1.82) is 0 Å². The van der Waals surface area contributed by atoms with E-state index in [4.69, 9.17) is 32.9 Å². The fourth-order valence-electron chi connectivity index (χ4n) is 3.38. The first-order valence-corrected chi connectivity index (χ1v) is 12.2. The van der Waals surface area contributed by atoms with E-state index in [1.54, 1.807) is 17.4 Å². The van der Waals surface area contributed by atoms with Crippen LogP contribution in [-0.2, 0) is 6.42 Å². The molecule has 1 heterocycles. The second-order valence-corrected chi connectivity index (χ2v) is 9.61. The van der Waals surface area contributed by atoms with Crippen LogP contribution in [0.4, 0.5) is 5.69 Å². The first-order chi connectivity index (χ1) is 16.8. The number of halogens is 2. The zero-order valence-electron chi connectivity index (χ0n) is 19.5. The van der Waals surface area contributed by atoms with E-state index in [9.17, 15) is 14.7 Å². The van der Waals surface area contributed by atoms with Crippen molar-refractivity contribution in [2.24, 2.45) is 0 Å². The zero-order valence-corrected chi connectivity index (χ0v) is 21.8. The number of aromatic carboxylic acids is 1. The molecule has 0 bridgehead atoms. The average Bonchev–Trinajstić information content (AvgIpc) is 3.20. The molecule has 0 aliphatic rings. The van der Waals surface area contributed by atoms with E-state index in [2.05, 4.69) is 5.32 Å². The third kappa shape index (κ3) is 6.70. The Morgan fingerprint density at radius 1 is 1.03 bits per heavy atom. The first kappa shape index (κ1) is 27.8. The van der Waals surface area contributed by atoms with Crippen LogP contribution in [0, 0.1) is 6.92 Å². The van der Waals surface area contributed by atoms with Gasteiger partial charge in [-0.05, 0) is 43.3 Å². The summed E-state index contributed by atoms with van der Waals surface area (Å²) in [6.45, 7) is 2.31. The monoisotopic (exact) mass is 532 g/mol. The Morgan fingerprint density at radius 3 is 2.47 bits per heavy atom. The largest absolute Gasteiger partial charge is 1.00 e. The number of nitrogens with one attached hydrogen (secondary N) is 1. The summed E-state index contributed by atoms with van der Waals surface area (Å²) < 4.78 is 5.77. The molecule has 1 amide bonds. The van der Waals surface area contributed by atoms with Crippen LogP contribution >= 0.6 is 34.5 Å². The van der Waals surface area contributed by atoms with E-state index >= 15 is 0 Å². The number of rotatable bonds is 8. The molecule has 36 heavy (non-hydrogen) atoms. The molecule has 6 nitrogen and oxygen atoms in total. The standard InChI is InChI=1S/C26H20Cl2N2O4S.Li/c1-15-22(30-25(35-15)16-5-3-2-4-6-16)11-12-34-18-8-10-23(20(14-18)26(32)33)29-24(31)19-9-7-17(27)13-21(19)28;/h2-10,13-14H,11-12H2,1H3,(H,29,31)(H,32,33);/q;+1/p-1. The summed E-state index contributed by atoms with van der Waals surface area (Å²) in [7, 11) is 0. The number of carbonyl (C=O) groups is 2. The van der Waals surface area contributed by atoms with Gasteiger partial charge in [0.1, 0.15) is 10.8 Å². The van der Waals surface area contributed by atoms with Crippen molar-refractivity contribution in [1.82, 2.24) is 4.98 Å².